The van der Waals surface area contributed by atoms with Gasteiger partial charge in [0.15, 0.2) is 11.4 Å². The molecule has 2 aromatic rings. The van der Waals surface area contributed by atoms with Crippen LogP contribution in [0.25, 0.3) is 0 Å². The maximum atomic E-state index is 12.9. The van der Waals surface area contributed by atoms with Crippen LogP contribution in [0.1, 0.15) is 47.7 Å². The highest BCUT2D eigenvalue weighted by Gasteiger charge is 2.50. The molecule has 25 heavy (non-hydrogen) atoms. The Kier molecular flexibility index (Phi) is 4.73. The molecule has 2 aromatic carbocycles. The van der Waals surface area contributed by atoms with E-state index in [0.29, 0.717) is 23.4 Å². The Morgan fingerprint density at radius 2 is 1.80 bits per heavy atom. The average molecular weight is 337 g/mol. The number of nitrogens with zero attached hydrogens (tertiary/aromatic N) is 1. The minimum Gasteiger partial charge on any atom is -0.375 e. The largest absolute Gasteiger partial charge is 0.375 e. The fourth-order valence-electron chi connectivity index (χ4n) is 3.29. The molecule has 0 saturated carbocycles. The summed E-state index contributed by atoms with van der Waals surface area (Å²) in [7, 11) is 0. The lowest BCUT2D eigenvalue weighted by Gasteiger charge is -2.22. The predicted molar refractivity (Wildman–Crippen MR) is 97.7 cm³/mol. The van der Waals surface area contributed by atoms with E-state index in [1.165, 1.54) is 0 Å². The Hall–Kier alpha value is -2.46. The van der Waals surface area contributed by atoms with Crippen molar-refractivity contribution in [2.75, 3.05) is 11.4 Å². The van der Waals surface area contributed by atoms with E-state index in [4.69, 9.17) is 0 Å². The van der Waals surface area contributed by atoms with E-state index in [-0.39, 0.29) is 12.2 Å². The third kappa shape index (κ3) is 3.10. The van der Waals surface area contributed by atoms with Gasteiger partial charge in [0.2, 0.25) is 0 Å². The van der Waals surface area contributed by atoms with E-state index < -0.39 is 11.5 Å². The van der Waals surface area contributed by atoms with E-state index in [2.05, 4.69) is 6.92 Å². The first-order valence-corrected chi connectivity index (χ1v) is 8.71. The van der Waals surface area contributed by atoms with Crippen LogP contribution in [0.4, 0.5) is 5.69 Å². The smallest absolute Gasteiger partial charge is 0.264 e. The maximum Gasteiger partial charge on any atom is 0.264 e. The minimum atomic E-state index is -1.79. The molecule has 0 fully saturated rings. The summed E-state index contributed by atoms with van der Waals surface area (Å²) < 4.78 is 0. The van der Waals surface area contributed by atoms with Gasteiger partial charge in [0.25, 0.3) is 5.91 Å². The van der Waals surface area contributed by atoms with Crippen molar-refractivity contribution in [1.29, 1.82) is 0 Å². The summed E-state index contributed by atoms with van der Waals surface area (Å²) in [5, 5.41) is 11.2. The van der Waals surface area contributed by atoms with E-state index in [1.807, 2.05) is 31.2 Å². The number of fused-ring (bicyclic) bond motifs is 1. The first-order chi connectivity index (χ1) is 12.0. The molecule has 0 unspecified atom stereocenters. The van der Waals surface area contributed by atoms with Crippen molar-refractivity contribution in [1.82, 2.24) is 0 Å². The molecule has 1 aliphatic rings. The van der Waals surface area contributed by atoms with E-state index in [0.717, 1.165) is 18.4 Å². The van der Waals surface area contributed by atoms with Crippen molar-refractivity contribution >= 4 is 17.4 Å². The van der Waals surface area contributed by atoms with E-state index >= 15 is 0 Å². The predicted octanol–water partition coefficient (Wildman–Crippen LogP) is 3.60. The van der Waals surface area contributed by atoms with Gasteiger partial charge in [-0.15, -0.1) is 0 Å². The second kappa shape index (κ2) is 6.81. The molecule has 3 rings (SSSR count). The van der Waals surface area contributed by atoms with Crippen molar-refractivity contribution in [2.45, 2.75) is 38.7 Å². The molecule has 1 amide bonds. The van der Waals surface area contributed by atoms with Crippen molar-refractivity contribution in [3.8, 4) is 0 Å². The van der Waals surface area contributed by atoms with Crippen LogP contribution in [-0.4, -0.2) is 23.3 Å². The number of anilines is 1. The van der Waals surface area contributed by atoms with Gasteiger partial charge in [0, 0.05) is 17.7 Å². The molecular weight excluding hydrogens is 314 g/mol. The summed E-state index contributed by atoms with van der Waals surface area (Å²) in [5.41, 5.74) is 1.02. The van der Waals surface area contributed by atoms with Crippen molar-refractivity contribution in [2.24, 2.45) is 0 Å². The van der Waals surface area contributed by atoms with Gasteiger partial charge in [-0.1, -0.05) is 61.4 Å². The highest BCUT2D eigenvalue weighted by Crippen LogP contribution is 2.42. The van der Waals surface area contributed by atoms with Crippen LogP contribution in [0.5, 0.6) is 0 Å². The average Bonchev–Trinajstić information content (AvgIpc) is 2.82. The number of carbonyl (C=O) groups excluding carboxylic acids is 2. The molecule has 1 N–H and O–H groups in total. The van der Waals surface area contributed by atoms with Gasteiger partial charge in [-0.2, -0.15) is 0 Å². The summed E-state index contributed by atoms with van der Waals surface area (Å²) in [6, 6.07) is 14.4. The van der Waals surface area contributed by atoms with Crippen LogP contribution < -0.4 is 4.90 Å². The van der Waals surface area contributed by atoms with Gasteiger partial charge in [0.05, 0.1) is 12.1 Å². The molecule has 0 radical (unpaired) electrons. The number of para-hydroxylation sites is 1. The summed E-state index contributed by atoms with van der Waals surface area (Å²) >= 11 is 0. The first kappa shape index (κ1) is 17.4. The standard InChI is InChI=1S/C21H23NO3/c1-3-4-13-22-18-8-6-5-7-17(18)21(25,20(22)24)14-19(23)16-11-9-15(2)10-12-16/h5-12,25H,3-4,13-14H2,1-2H3/t21-/m1/s1. The number of benzene rings is 2. The zero-order chi connectivity index (χ0) is 18.0. The third-order valence-electron chi connectivity index (χ3n) is 4.76. The molecule has 1 heterocycles. The Bertz CT molecular complexity index is 797. The molecule has 4 heteroatoms. The highest BCUT2D eigenvalue weighted by atomic mass is 16.3. The molecule has 0 aliphatic carbocycles. The Balaban J connectivity index is 1.92. The third-order valence-corrected chi connectivity index (χ3v) is 4.76. The number of amides is 1. The molecule has 4 nitrogen and oxygen atoms in total. The number of Topliss-reactive ketones (excluding diaryl/α,β-unsaturated/α-hetero) is 1. The van der Waals surface area contributed by atoms with Crippen molar-refractivity contribution in [3.63, 3.8) is 0 Å². The lowest BCUT2D eigenvalue weighted by molar-refractivity contribution is -0.135. The van der Waals surface area contributed by atoms with Crippen molar-refractivity contribution in [3.05, 3.63) is 65.2 Å². The summed E-state index contributed by atoms with van der Waals surface area (Å²) in [4.78, 5) is 27.2. The molecule has 0 spiro atoms. The number of hydrogen-bond donors (Lipinski definition) is 1. The Morgan fingerprint density at radius 3 is 2.48 bits per heavy atom. The maximum absolute atomic E-state index is 12.9. The number of aryl methyl sites for hydroxylation is 1. The van der Waals surface area contributed by atoms with Crippen LogP contribution in [0.15, 0.2) is 48.5 Å². The fraction of sp³-hybridized carbons (Fsp3) is 0.333. The number of carbonyl (C=O) groups is 2. The van der Waals surface area contributed by atoms with Gasteiger partial charge in [-0.05, 0) is 19.4 Å². The second-order valence-electron chi connectivity index (χ2n) is 6.65. The van der Waals surface area contributed by atoms with Gasteiger partial charge in [0.1, 0.15) is 0 Å². The van der Waals surface area contributed by atoms with E-state index in [9.17, 15) is 14.7 Å². The summed E-state index contributed by atoms with van der Waals surface area (Å²) in [6.07, 6.45) is 1.56. The Labute approximate surface area is 148 Å². The number of unbranched alkanes of at least 4 members (excludes halogenated alkanes) is 1. The van der Waals surface area contributed by atoms with Gasteiger partial charge >= 0.3 is 0 Å². The Morgan fingerprint density at radius 1 is 1.12 bits per heavy atom. The molecule has 0 aromatic heterocycles. The molecule has 1 aliphatic heterocycles. The lowest BCUT2D eigenvalue weighted by atomic mass is 9.88. The van der Waals surface area contributed by atoms with Crippen LogP contribution in [-0.2, 0) is 10.4 Å². The highest BCUT2D eigenvalue weighted by molar-refractivity contribution is 6.10. The van der Waals surface area contributed by atoms with Crippen LogP contribution >= 0.6 is 0 Å². The zero-order valence-corrected chi connectivity index (χ0v) is 14.7. The molecule has 130 valence electrons. The number of aliphatic hydroxyl groups is 1. The van der Waals surface area contributed by atoms with Crippen LogP contribution in [0.2, 0.25) is 0 Å². The zero-order valence-electron chi connectivity index (χ0n) is 14.7. The molecule has 0 saturated heterocycles. The monoisotopic (exact) mass is 337 g/mol. The first-order valence-electron chi connectivity index (χ1n) is 8.71. The van der Waals surface area contributed by atoms with Crippen LogP contribution in [0, 0.1) is 6.92 Å². The van der Waals surface area contributed by atoms with E-state index in [1.54, 1.807) is 29.2 Å². The number of ketones is 1. The quantitative estimate of drug-likeness (QED) is 0.819. The normalized spacial score (nSPS) is 19.2. The lowest BCUT2D eigenvalue weighted by Crippen LogP contribution is -2.42. The number of rotatable bonds is 6. The van der Waals surface area contributed by atoms with Gasteiger partial charge in [-0.25, -0.2) is 0 Å². The summed E-state index contributed by atoms with van der Waals surface area (Å²) in [5.74, 6) is -0.634. The second-order valence-corrected chi connectivity index (χ2v) is 6.65. The van der Waals surface area contributed by atoms with Gasteiger partial charge in [-0.3, -0.25) is 9.59 Å². The topological polar surface area (TPSA) is 57.6 Å². The number of hydrogen-bond acceptors (Lipinski definition) is 3. The van der Waals surface area contributed by atoms with Crippen molar-refractivity contribution < 1.29 is 14.7 Å². The minimum absolute atomic E-state index is 0.233. The molecule has 0 bridgehead atoms. The SMILES string of the molecule is CCCCN1C(=O)[C@@](O)(CC(=O)c2ccc(C)cc2)c2ccccc21. The molecule has 1 atom stereocenters. The van der Waals surface area contributed by atoms with Gasteiger partial charge < -0.3 is 10.0 Å². The molecular formula is C21H23NO3. The van der Waals surface area contributed by atoms with Crippen LogP contribution in [0.3, 0.4) is 0 Å². The summed E-state index contributed by atoms with van der Waals surface area (Å²) in [6.45, 7) is 4.55. The fourth-order valence-corrected chi connectivity index (χ4v) is 3.29.